The van der Waals surface area contributed by atoms with Crippen LogP contribution in [0.1, 0.15) is 100.0 Å². The van der Waals surface area contributed by atoms with Gasteiger partial charge in [-0.1, -0.05) is 17.7 Å². The standard InChI is InChI=1S/C15H23N3O5S.C14H20N2O5S.CH4/c1-7-21-11(19)10(9-8-24-13(16)17-9)18-23-15(5,6)12(20)22-14(2,3)4;1-8-15-9(7-22-8)10(11(17)18)16-21-14(5,6)12(19)20-13(2,3)4;/h8H,7H2,1-6H3,(H2,16,17);7H,1-6H3,(H,17,18);1H4/b18-10-;16-10-;. The van der Waals surface area contributed by atoms with Gasteiger partial charge in [-0.2, -0.15) is 0 Å². The zero-order chi connectivity index (χ0) is 35.7. The molecule has 0 bridgehead atoms. The zero-order valence-electron chi connectivity index (χ0n) is 28.2. The van der Waals surface area contributed by atoms with Crippen molar-refractivity contribution in [3.8, 4) is 0 Å². The molecule has 2 rings (SSSR count). The Labute approximate surface area is 283 Å². The van der Waals surface area contributed by atoms with Crippen LogP contribution in [0.5, 0.6) is 0 Å². The van der Waals surface area contributed by atoms with Gasteiger partial charge in [0.15, 0.2) is 5.13 Å². The number of thiazole rings is 2. The van der Waals surface area contributed by atoms with Crippen molar-refractivity contribution >= 4 is 63.1 Å². The molecule has 264 valence electrons. The molecule has 0 spiro atoms. The molecule has 0 saturated carbocycles. The molecule has 47 heavy (non-hydrogen) atoms. The lowest BCUT2D eigenvalue weighted by Crippen LogP contribution is -2.40. The van der Waals surface area contributed by atoms with Crippen LogP contribution in [0.2, 0.25) is 0 Å². The topological polar surface area (TPSA) is 211 Å². The van der Waals surface area contributed by atoms with E-state index in [-0.39, 0.29) is 42.0 Å². The first-order chi connectivity index (χ1) is 20.9. The Morgan fingerprint density at radius 3 is 1.55 bits per heavy atom. The van der Waals surface area contributed by atoms with Crippen LogP contribution >= 0.6 is 22.7 Å². The number of esters is 3. The predicted octanol–water partition coefficient (Wildman–Crippen LogP) is 5.14. The molecule has 2 aromatic heterocycles. The Morgan fingerprint density at radius 1 is 0.787 bits per heavy atom. The SMILES string of the molecule is C.CCOC(=O)/C(=N\OC(C)(C)C(=O)OC(C)(C)C)c1csc(N)n1.Cc1nc(/C(=N/OC(C)(C)C(=O)OC(C)(C)C)C(=O)O)cs1. The van der Waals surface area contributed by atoms with Crippen molar-refractivity contribution in [3.05, 3.63) is 27.2 Å². The fourth-order valence-corrected chi connectivity index (χ4v) is 3.79. The summed E-state index contributed by atoms with van der Waals surface area (Å²) >= 11 is 2.44. The lowest BCUT2D eigenvalue weighted by Gasteiger charge is -2.26. The molecular weight excluding hydrogens is 654 g/mol. The third-order valence-corrected chi connectivity index (χ3v) is 6.26. The number of aryl methyl sites for hydroxylation is 1. The second-order valence-electron chi connectivity index (χ2n) is 12.4. The number of rotatable bonds is 11. The molecule has 0 amide bonds. The maximum Gasteiger partial charge on any atom is 0.362 e. The van der Waals surface area contributed by atoms with Crippen LogP contribution in [0.3, 0.4) is 0 Å². The number of carbonyl (C=O) groups is 4. The van der Waals surface area contributed by atoms with Gasteiger partial charge in [0.25, 0.3) is 0 Å². The van der Waals surface area contributed by atoms with Crippen molar-refractivity contribution in [2.75, 3.05) is 12.3 Å². The maximum absolute atomic E-state index is 12.2. The number of hydrogen-bond donors (Lipinski definition) is 2. The van der Waals surface area contributed by atoms with E-state index in [1.807, 2.05) is 0 Å². The summed E-state index contributed by atoms with van der Waals surface area (Å²) in [7, 11) is 0. The molecule has 0 aliphatic rings. The van der Waals surface area contributed by atoms with Crippen LogP contribution in [0.4, 0.5) is 5.13 Å². The number of hydrogen-bond acceptors (Lipinski definition) is 16. The Balaban J connectivity index is 0.000000885. The smallest absolute Gasteiger partial charge is 0.362 e. The second kappa shape index (κ2) is 17.2. The van der Waals surface area contributed by atoms with Crippen molar-refractivity contribution < 1.29 is 48.2 Å². The number of aromatic nitrogens is 2. The Kier molecular flexibility index (Phi) is 15.6. The normalized spacial score (nSPS) is 12.5. The average molecular weight is 702 g/mol. The first kappa shape index (κ1) is 42.9. The number of ether oxygens (including phenoxy) is 3. The molecule has 0 radical (unpaired) electrons. The molecule has 17 heteroatoms. The van der Waals surface area contributed by atoms with Gasteiger partial charge in [-0.3, -0.25) is 0 Å². The minimum absolute atomic E-state index is 0. The summed E-state index contributed by atoms with van der Waals surface area (Å²) in [5, 5.41) is 20.7. The van der Waals surface area contributed by atoms with E-state index in [0.29, 0.717) is 5.01 Å². The van der Waals surface area contributed by atoms with Crippen LogP contribution < -0.4 is 5.73 Å². The largest absolute Gasteiger partial charge is 0.476 e. The highest BCUT2D eigenvalue weighted by Gasteiger charge is 2.37. The van der Waals surface area contributed by atoms with Gasteiger partial charge in [-0.15, -0.1) is 22.7 Å². The molecular formula is C30H47N5O10S2. The monoisotopic (exact) mass is 701 g/mol. The molecule has 2 heterocycles. The minimum atomic E-state index is -1.42. The first-order valence-electron chi connectivity index (χ1n) is 13.9. The van der Waals surface area contributed by atoms with Crippen LogP contribution in [0.15, 0.2) is 21.1 Å². The fourth-order valence-electron chi connectivity index (χ4n) is 2.65. The number of carboxylic acid groups (broad SMARTS) is 1. The first-order valence-corrected chi connectivity index (χ1v) is 15.7. The second-order valence-corrected chi connectivity index (χ2v) is 14.4. The summed E-state index contributed by atoms with van der Waals surface area (Å²) in [6.07, 6.45) is 0. The Bertz CT molecular complexity index is 1450. The zero-order valence-corrected chi connectivity index (χ0v) is 29.8. The van der Waals surface area contributed by atoms with E-state index in [0.717, 1.165) is 11.3 Å². The molecule has 3 N–H and O–H groups in total. The van der Waals surface area contributed by atoms with E-state index in [1.165, 1.54) is 39.0 Å². The van der Waals surface area contributed by atoms with Gasteiger partial charge in [0.1, 0.15) is 22.6 Å². The van der Waals surface area contributed by atoms with E-state index in [2.05, 4.69) is 20.3 Å². The van der Waals surface area contributed by atoms with Crippen molar-refractivity contribution in [1.82, 2.24) is 9.97 Å². The predicted molar refractivity (Wildman–Crippen MR) is 179 cm³/mol. The van der Waals surface area contributed by atoms with Gasteiger partial charge in [0.05, 0.1) is 11.6 Å². The molecule has 0 atom stereocenters. The molecule has 2 aromatic rings. The number of oxime groups is 2. The summed E-state index contributed by atoms with van der Waals surface area (Å²) in [5.74, 6) is -3.25. The molecule has 0 aliphatic carbocycles. The van der Waals surface area contributed by atoms with Crippen LogP contribution in [0.25, 0.3) is 0 Å². The highest BCUT2D eigenvalue weighted by Crippen LogP contribution is 2.21. The summed E-state index contributed by atoms with van der Waals surface area (Å²) < 4.78 is 15.4. The summed E-state index contributed by atoms with van der Waals surface area (Å²) in [6, 6.07) is 0. The maximum atomic E-state index is 12.2. The molecule has 0 aromatic carbocycles. The van der Waals surface area contributed by atoms with Gasteiger partial charge in [-0.25, -0.2) is 29.1 Å². The van der Waals surface area contributed by atoms with Crippen molar-refractivity contribution in [3.63, 3.8) is 0 Å². The minimum Gasteiger partial charge on any atom is -0.476 e. The van der Waals surface area contributed by atoms with E-state index in [4.69, 9.17) is 29.6 Å². The van der Waals surface area contributed by atoms with Gasteiger partial charge in [0, 0.05) is 10.8 Å². The highest BCUT2D eigenvalue weighted by molar-refractivity contribution is 7.13. The number of anilines is 1. The third kappa shape index (κ3) is 14.9. The van der Waals surface area contributed by atoms with Crippen molar-refractivity contribution in [2.45, 2.75) is 113 Å². The number of carboxylic acids is 1. The van der Waals surface area contributed by atoms with Gasteiger partial charge in [0.2, 0.25) is 22.6 Å². The summed E-state index contributed by atoms with van der Waals surface area (Å²) in [6.45, 7) is 19.9. The molecule has 0 aliphatic heterocycles. The molecule has 0 saturated heterocycles. The lowest BCUT2D eigenvalue weighted by molar-refractivity contribution is -0.180. The fraction of sp³-hybridized carbons (Fsp3) is 0.600. The number of aliphatic carboxylic acids is 1. The van der Waals surface area contributed by atoms with E-state index >= 15 is 0 Å². The van der Waals surface area contributed by atoms with Gasteiger partial charge in [-0.05, 0) is 83.1 Å². The van der Waals surface area contributed by atoms with Gasteiger partial charge < -0.3 is 34.7 Å². The summed E-state index contributed by atoms with van der Waals surface area (Å²) in [5.41, 5.74) is 1.29. The van der Waals surface area contributed by atoms with Crippen molar-refractivity contribution in [2.24, 2.45) is 10.3 Å². The molecule has 0 fully saturated rings. The Hall–Kier alpha value is -4.12. The van der Waals surface area contributed by atoms with Crippen LogP contribution in [-0.4, -0.2) is 79.4 Å². The van der Waals surface area contributed by atoms with Crippen molar-refractivity contribution in [1.29, 1.82) is 0 Å². The quantitative estimate of drug-likeness (QED) is 0.135. The molecule has 0 unspecified atom stereocenters. The number of nitrogen functional groups attached to an aromatic ring is 1. The van der Waals surface area contributed by atoms with Crippen LogP contribution in [-0.2, 0) is 43.1 Å². The van der Waals surface area contributed by atoms with E-state index < -0.39 is 46.3 Å². The Morgan fingerprint density at radius 2 is 1.21 bits per heavy atom. The third-order valence-electron chi connectivity index (χ3n) is 4.81. The van der Waals surface area contributed by atoms with E-state index in [9.17, 15) is 24.3 Å². The number of nitrogens with zero attached hydrogens (tertiary/aromatic N) is 4. The summed E-state index contributed by atoms with van der Waals surface area (Å²) in [4.78, 5) is 65.9. The number of nitrogens with two attached hydrogens (primary N) is 1. The average Bonchev–Trinajstić information content (AvgIpc) is 3.50. The number of carbonyl (C=O) groups excluding carboxylic acids is 3. The molecule has 15 nitrogen and oxygen atoms in total. The van der Waals surface area contributed by atoms with Crippen LogP contribution in [0, 0.1) is 6.92 Å². The van der Waals surface area contributed by atoms with Gasteiger partial charge >= 0.3 is 23.9 Å². The lowest BCUT2D eigenvalue weighted by atomic mass is 10.1. The highest BCUT2D eigenvalue weighted by atomic mass is 32.1. The van der Waals surface area contributed by atoms with E-state index in [1.54, 1.807) is 66.2 Å².